The Kier molecular flexibility index (Phi) is 3.52. The maximum atomic E-state index is 6.21. The van der Waals surface area contributed by atoms with Gasteiger partial charge in [-0.15, -0.1) is 0 Å². The molecule has 2 saturated heterocycles. The standard InChI is InChI=1S/C19H28O3/c1-13-10-11-19(12-21-19)17(16(13)20-3)18(2)15(22-18)9-8-14-6-4-5-7-14/h8,15-17H,1,4-7,9-12H2,2-3H3. The van der Waals surface area contributed by atoms with Crippen LogP contribution in [0.15, 0.2) is 23.8 Å². The number of hydrogen-bond donors (Lipinski definition) is 0. The minimum Gasteiger partial charge on any atom is -0.377 e. The van der Waals surface area contributed by atoms with Crippen LogP contribution in [0.25, 0.3) is 0 Å². The van der Waals surface area contributed by atoms with Crippen molar-refractivity contribution in [1.29, 1.82) is 0 Å². The highest BCUT2D eigenvalue weighted by atomic mass is 16.6. The first-order valence-electron chi connectivity index (χ1n) is 8.79. The molecule has 22 heavy (non-hydrogen) atoms. The molecule has 4 aliphatic rings. The summed E-state index contributed by atoms with van der Waals surface area (Å²) < 4.78 is 17.9. The summed E-state index contributed by atoms with van der Waals surface area (Å²) in [5, 5.41) is 0. The minimum atomic E-state index is -0.115. The first-order valence-corrected chi connectivity index (χ1v) is 8.79. The fourth-order valence-electron chi connectivity index (χ4n) is 4.86. The van der Waals surface area contributed by atoms with Gasteiger partial charge in [0.1, 0.15) is 11.2 Å². The Morgan fingerprint density at radius 2 is 2.05 bits per heavy atom. The maximum Gasteiger partial charge on any atom is 0.101 e. The van der Waals surface area contributed by atoms with Gasteiger partial charge in [0.2, 0.25) is 0 Å². The summed E-state index contributed by atoms with van der Waals surface area (Å²) in [6.07, 6.45) is 11.3. The van der Waals surface area contributed by atoms with E-state index in [2.05, 4.69) is 19.6 Å². The molecule has 4 rings (SSSR count). The lowest BCUT2D eigenvalue weighted by molar-refractivity contribution is -0.0198. The minimum absolute atomic E-state index is 0.00807. The van der Waals surface area contributed by atoms with Gasteiger partial charge >= 0.3 is 0 Å². The predicted octanol–water partition coefficient (Wildman–Crippen LogP) is 3.78. The van der Waals surface area contributed by atoms with Crippen LogP contribution in [0.5, 0.6) is 0 Å². The van der Waals surface area contributed by atoms with Crippen LogP contribution in [0.2, 0.25) is 0 Å². The summed E-state index contributed by atoms with van der Waals surface area (Å²) in [6, 6.07) is 0. The number of methoxy groups -OCH3 is 1. The van der Waals surface area contributed by atoms with E-state index < -0.39 is 0 Å². The largest absolute Gasteiger partial charge is 0.377 e. The van der Waals surface area contributed by atoms with E-state index in [1.54, 1.807) is 12.7 Å². The Balaban J connectivity index is 1.50. The lowest BCUT2D eigenvalue weighted by Crippen LogP contribution is -2.49. The molecule has 0 aromatic carbocycles. The summed E-state index contributed by atoms with van der Waals surface area (Å²) in [4.78, 5) is 0. The average Bonchev–Trinajstić information content (AvgIpc) is 3.35. The van der Waals surface area contributed by atoms with Gasteiger partial charge in [-0.2, -0.15) is 0 Å². The van der Waals surface area contributed by atoms with Crippen LogP contribution in [-0.4, -0.2) is 37.1 Å². The van der Waals surface area contributed by atoms with Gasteiger partial charge < -0.3 is 14.2 Å². The molecular formula is C19H28O3. The van der Waals surface area contributed by atoms with Gasteiger partial charge in [-0.1, -0.05) is 18.2 Å². The molecule has 2 heterocycles. The van der Waals surface area contributed by atoms with Gasteiger partial charge in [0.25, 0.3) is 0 Å². The van der Waals surface area contributed by atoms with Gasteiger partial charge in [-0.05, 0) is 57.4 Å². The Morgan fingerprint density at radius 3 is 2.68 bits per heavy atom. The number of hydrogen-bond acceptors (Lipinski definition) is 3. The van der Waals surface area contributed by atoms with Crippen molar-refractivity contribution in [2.24, 2.45) is 5.92 Å². The molecule has 0 aromatic rings. The second-order valence-electron chi connectivity index (χ2n) is 7.74. The smallest absolute Gasteiger partial charge is 0.101 e. The highest BCUT2D eigenvalue weighted by Gasteiger charge is 2.70. The Hall–Kier alpha value is -0.640. The molecule has 122 valence electrons. The van der Waals surface area contributed by atoms with Crippen molar-refractivity contribution in [2.45, 2.75) is 75.3 Å². The second kappa shape index (κ2) is 5.19. The number of ether oxygens (including phenoxy) is 3. The average molecular weight is 304 g/mol. The molecule has 2 aliphatic heterocycles. The molecule has 5 unspecified atom stereocenters. The molecule has 3 heteroatoms. The van der Waals surface area contributed by atoms with E-state index in [9.17, 15) is 0 Å². The summed E-state index contributed by atoms with van der Waals surface area (Å²) >= 11 is 0. The highest BCUT2D eigenvalue weighted by molar-refractivity contribution is 5.27. The molecule has 3 nitrogen and oxygen atoms in total. The molecule has 0 amide bonds. The molecule has 2 saturated carbocycles. The van der Waals surface area contributed by atoms with Crippen LogP contribution < -0.4 is 0 Å². The van der Waals surface area contributed by atoms with Gasteiger partial charge in [0.15, 0.2) is 0 Å². The quantitative estimate of drug-likeness (QED) is 0.585. The number of rotatable bonds is 4. The molecule has 0 aromatic heterocycles. The Bertz CT molecular complexity index is 497. The summed E-state index contributed by atoms with van der Waals surface area (Å²) in [5.74, 6) is 0.290. The van der Waals surface area contributed by atoms with E-state index in [0.717, 1.165) is 25.9 Å². The van der Waals surface area contributed by atoms with Crippen molar-refractivity contribution < 1.29 is 14.2 Å². The van der Waals surface area contributed by atoms with Crippen molar-refractivity contribution in [3.05, 3.63) is 23.8 Å². The molecular weight excluding hydrogens is 276 g/mol. The van der Waals surface area contributed by atoms with Crippen LogP contribution in [0.4, 0.5) is 0 Å². The molecule has 5 atom stereocenters. The van der Waals surface area contributed by atoms with Crippen LogP contribution in [0.1, 0.15) is 51.9 Å². The number of epoxide rings is 2. The van der Waals surface area contributed by atoms with Crippen LogP contribution in [0, 0.1) is 5.92 Å². The van der Waals surface area contributed by atoms with Gasteiger partial charge in [0, 0.05) is 7.11 Å². The van der Waals surface area contributed by atoms with Gasteiger partial charge in [-0.25, -0.2) is 0 Å². The third kappa shape index (κ3) is 2.29. The summed E-state index contributed by atoms with van der Waals surface area (Å²) in [5.41, 5.74) is 2.71. The molecule has 0 radical (unpaired) electrons. The Labute approximate surface area is 133 Å². The fourth-order valence-corrected chi connectivity index (χ4v) is 4.86. The van der Waals surface area contributed by atoms with Crippen molar-refractivity contribution in [3.63, 3.8) is 0 Å². The lowest BCUT2D eigenvalue weighted by atomic mass is 9.68. The normalized spacial score (nSPS) is 47.1. The second-order valence-corrected chi connectivity index (χ2v) is 7.74. The molecule has 0 N–H and O–H groups in total. The van der Waals surface area contributed by atoms with Crippen LogP contribution in [0.3, 0.4) is 0 Å². The Morgan fingerprint density at radius 1 is 1.32 bits per heavy atom. The van der Waals surface area contributed by atoms with Crippen molar-refractivity contribution in [1.82, 2.24) is 0 Å². The third-order valence-corrected chi connectivity index (χ3v) is 6.37. The van der Waals surface area contributed by atoms with E-state index in [1.165, 1.54) is 31.3 Å². The third-order valence-electron chi connectivity index (χ3n) is 6.37. The van der Waals surface area contributed by atoms with Crippen molar-refractivity contribution in [2.75, 3.05) is 13.7 Å². The molecule has 2 aliphatic carbocycles. The van der Waals surface area contributed by atoms with E-state index in [0.29, 0.717) is 12.0 Å². The monoisotopic (exact) mass is 304 g/mol. The first kappa shape index (κ1) is 14.9. The molecule has 1 spiro atoms. The van der Waals surface area contributed by atoms with E-state index in [4.69, 9.17) is 14.2 Å². The zero-order valence-electron chi connectivity index (χ0n) is 13.9. The molecule has 0 bridgehead atoms. The lowest BCUT2D eigenvalue weighted by Gasteiger charge is -2.39. The van der Waals surface area contributed by atoms with E-state index in [-0.39, 0.29) is 17.3 Å². The van der Waals surface area contributed by atoms with Gasteiger partial charge in [0.05, 0.1) is 24.7 Å². The fraction of sp³-hybridized carbons (Fsp3) is 0.789. The SMILES string of the molecule is C=C1CCC2(CO2)C(C2(C)OC2CC=C2CCCC2)C1OC. The summed E-state index contributed by atoms with van der Waals surface area (Å²) in [6.45, 7) is 7.35. The topological polar surface area (TPSA) is 34.3 Å². The van der Waals surface area contributed by atoms with Crippen LogP contribution >= 0.6 is 0 Å². The van der Waals surface area contributed by atoms with Crippen LogP contribution in [-0.2, 0) is 14.2 Å². The zero-order chi connectivity index (χ0) is 15.4. The predicted molar refractivity (Wildman–Crippen MR) is 85.8 cm³/mol. The van der Waals surface area contributed by atoms with E-state index >= 15 is 0 Å². The van der Waals surface area contributed by atoms with E-state index in [1.807, 2.05) is 0 Å². The van der Waals surface area contributed by atoms with Crippen molar-refractivity contribution >= 4 is 0 Å². The maximum absolute atomic E-state index is 6.21. The highest BCUT2D eigenvalue weighted by Crippen LogP contribution is 2.60. The summed E-state index contributed by atoms with van der Waals surface area (Å²) in [7, 11) is 1.80. The first-order chi connectivity index (χ1) is 10.6. The van der Waals surface area contributed by atoms with Crippen molar-refractivity contribution in [3.8, 4) is 0 Å². The zero-order valence-corrected chi connectivity index (χ0v) is 13.9. The van der Waals surface area contributed by atoms with Gasteiger partial charge in [-0.3, -0.25) is 0 Å². The number of allylic oxidation sites excluding steroid dienone is 1. The molecule has 4 fully saturated rings.